The van der Waals surface area contributed by atoms with Gasteiger partial charge in [-0.3, -0.25) is 4.90 Å². The number of nitrogens with zero attached hydrogens (tertiary/aromatic N) is 1. The van der Waals surface area contributed by atoms with Gasteiger partial charge >= 0.3 is 5.97 Å². The number of rotatable bonds is 5. The summed E-state index contributed by atoms with van der Waals surface area (Å²) in [5.41, 5.74) is 3.87. The predicted octanol–water partition coefficient (Wildman–Crippen LogP) is 3.33. The molecule has 3 heteroatoms. The van der Waals surface area contributed by atoms with Crippen molar-refractivity contribution < 1.29 is 9.90 Å². The number of aromatic carboxylic acids is 1. The maximum atomic E-state index is 11.0. The molecule has 2 aromatic carbocycles. The summed E-state index contributed by atoms with van der Waals surface area (Å²) in [7, 11) is 2.04. The Balaban J connectivity index is 2.02. The van der Waals surface area contributed by atoms with Crippen LogP contribution in [0, 0.1) is 6.92 Å². The van der Waals surface area contributed by atoms with E-state index in [4.69, 9.17) is 5.11 Å². The topological polar surface area (TPSA) is 40.5 Å². The first kappa shape index (κ1) is 14.3. The Kier molecular flexibility index (Phi) is 4.53. The number of hydrogen-bond donors (Lipinski definition) is 1. The van der Waals surface area contributed by atoms with Gasteiger partial charge in [0, 0.05) is 13.1 Å². The molecule has 0 saturated carbocycles. The van der Waals surface area contributed by atoms with Crippen LogP contribution in [0.15, 0.2) is 48.5 Å². The van der Waals surface area contributed by atoms with Crippen LogP contribution in [0.3, 0.4) is 0 Å². The largest absolute Gasteiger partial charge is 0.478 e. The molecule has 0 fully saturated rings. The molecule has 0 aliphatic carbocycles. The first-order valence-electron chi connectivity index (χ1n) is 6.61. The fourth-order valence-electron chi connectivity index (χ4n) is 2.29. The third kappa shape index (κ3) is 3.93. The Morgan fingerprint density at radius 1 is 1.05 bits per heavy atom. The van der Waals surface area contributed by atoms with Crippen molar-refractivity contribution in [2.24, 2.45) is 0 Å². The van der Waals surface area contributed by atoms with Gasteiger partial charge in [-0.1, -0.05) is 42.0 Å². The first-order valence-corrected chi connectivity index (χ1v) is 6.61. The fraction of sp³-hybridized carbons (Fsp3) is 0.235. The van der Waals surface area contributed by atoms with Crippen LogP contribution in [0.1, 0.15) is 27.0 Å². The minimum Gasteiger partial charge on any atom is -0.478 e. The third-order valence-electron chi connectivity index (χ3n) is 3.16. The molecule has 1 N–H and O–H groups in total. The molecule has 0 radical (unpaired) electrons. The van der Waals surface area contributed by atoms with Gasteiger partial charge in [-0.15, -0.1) is 0 Å². The molecular weight excluding hydrogens is 250 g/mol. The summed E-state index contributed by atoms with van der Waals surface area (Å²) in [5, 5.41) is 9.00. The average Bonchev–Trinajstić information content (AvgIpc) is 2.38. The van der Waals surface area contributed by atoms with Gasteiger partial charge in [0.2, 0.25) is 0 Å². The van der Waals surface area contributed by atoms with Gasteiger partial charge in [-0.2, -0.15) is 0 Å². The molecule has 20 heavy (non-hydrogen) atoms. The van der Waals surface area contributed by atoms with E-state index in [2.05, 4.69) is 36.1 Å². The van der Waals surface area contributed by atoms with E-state index in [-0.39, 0.29) is 0 Å². The van der Waals surface area contributed by atoms with Crippen molar-refractivity contribution in [3.05, 3.63) is 70.8 Å². The van der Waals surface area contributed by atoms with E-state index in [1.165, 1.54) is 11.1 Å². The van der Waals surface area contributed by atoms with Crippen LogP contribution in [0.5, 0.6) is 0 Å². The number of carboxylic acid groups (broad SMARTS) is 1. The summed E-state index contributed by atoms with van der Waals surface area (Å²) in [5.74, 6) is -0.881. The molecule has 0 saturated heterocycles. The lowest BCUT2D eigenvalue weighted by atomic mass is 10.1. The number of carbonyl (C=O) groups is 1. The highest BCUT2D eigenvalue weighted by atomic mass is 16.4. The van der Waals surface area contributed by atoms with E-state index in [1.54, 1.807) is 18.2 Å². The molecule has 0 unspecified atom stereocenters. The van der Waals surface area contributed by atoms with Crippen LogP contribution in [0.25, 0.3) is 0 Å². The monoisotopic (exact) mass is 269 g/mol. The summed E-state index contributed by atoms with van der Waals surface area (Å²) in [6.07, 6.45) is 0. The number of hydrogen-bond acceptors (Lipinski definition) is 2. The zero-order chi connectivity index (χ0) is 14.5. The average molecular weight is 269 g/mol. The quantitative estimate of drug-likeness (QED) is 0.905. The van der Waals surface area contributed by atoms with E-state index in [0.29, 0.717) is 5.56 Å². The molecule has 0 atom stereocenters. The molecule has 3 nitrogen and oxygen atoms in total. The number of aryl methyl sites for hydroxylation is 1. The highest BCUT2D eigenvalue weighted by molar-refractivity contribution is 5.87. The van der Waals surface area contributed by atoms with E-state index in [9.17, 15) is 4.79 Å². The molecule has 0 aromatic heterocycles. The van der Waals surface area contributed by atoms with Gasteiger partial charge in [-0.05, 0) is 37.2 Å². The van der Waals surface area contributed by atoms with Crippen molar-refractivity contribution in [1.82, 2.24) is 4.90 Å². The van der Waals surface area contributed by atoms with Crippen LogP contribution >= 0.6 is 0 Å². The Morgan fingerprint density at radius 2 is 1.65 bits per heavy atom. The normalized spacial score (nSPS) is 10.8. The smallest absolute Gasteiger partial charge is 0.335 e. The number of carboxylic acids is 1. The van der Waals surface area contributed by atoms with E-state index >= 15 is 0 Å². The molecule has 0 aliphatic heterocycles. The molecule has 0 amide bonds. The molecule has 0 bridgehead atoms. The van der Waals surface area contributed by atoms with Crippen LogP contribution in [-0.2, 0) is 13.1 Å². The SMILES string of the molecule is Cc1cccc(CN(C)Cc2cccc(C(=O)O)c2)c1. The minimum absolute atomic E-state index is 0.339. The fourth-order valence-corrected chi connectivity index (χ4v) is 2.29. The third-order valence-corrected chi connectivity index (χ3v) is 3.16. The van der Waals surface area contributed by atoms with E-state index in [0.717, 1.165) is 18.7 Å². The predicted molar refractivity (Wildman–Crippen MR) is 79.8 cm³/mol. The van der Waals surface area contributed by atoms with Crippen molar-refractivity contribution >= 4 is 5.97 Å². The lowest BCUT2D eigenvalue weighted by Gasteiger charge is -2.17. The maximum absolute atomic E-state index is 11.0. The van der Waals surface area contributed by atoms with Crippen LogP contribution in [-0.4, -0.2) is 23.0 Å². The second kappa shape index (κ2) is 6.35. The molecule has 0 heterocycles. The van der Waals surface area contributed by atoms with Gasteiger partial charge in [0.1, 0.15) is 0 Å². The van der Waals surface area contributed by atoms with E-state index < -0.39 is 5.97 Å². The van der Waals surface area contributed by atoms with Crippen molar-refractivity contribution in [2.75, 3.05) is 7.05 Å². The Bertz CT molecular complexity index is 607. The Hall–Kier alpha value is -2.13. The summed E-state index contributed by atoms with van der Waals surface area (Å²) in [4.78, 5) is 13.1. The summed E-state index contributed by atoms with van der Waals surface area (Å²) < 4.78 is 0. The molecular formula is C17H19NO2. The molecule has 2 aromatic rings. The first-order chi connectivity index (χ1) is 9.54. The van der Waals surface area contributed by atoms with Crippen LogP contribution < -0.4 is 0 Å². The Labute approximate surface area is 119 Å². The maximum Gasteiger partial charge on any atom is 0.335 e. The van der Waals surface area contributed by atoms with Crippen molar-refractivity contribution in [3.63, 3.8) is 0 Å². The Morgan fingerprint density at radius 3 is 2.25 bits per heavy atom. The highest BCUT2D eigenvalue weighted by Gasteiger charge is 2.06. The zero-order valence-electron chi connectivity index (χ0n) is 11.8. The zero-order valence-corrected chi connectivity index (χ0v) is 11.8. The lowest BCUT2D eigenvalue weighted by Crippen LogP contribution is -2.17. The van der Waals surface area contributed by atoms with Crippen LogP contribution in [0.2, 0.25) is 0 Å². The second-order valence-electron chi connectivity index (χ2n) is 5.17. The van der Waals surface area contributed by atoms with Gasteiger partial charge in [-0.25, -0.2) is 4.79 Å². The summed E-state index contributed by atoms with van der Waals surface area (Å²) in [6, 6.07) is 15.5. The molecule has 104 valence electrons. The van der Waals surface area contributed by atoms with Gasteiger partial charge in [0.25, 0.3) is 0 Å². The summed E-state index contributed by atoms with van der Waals surface area (Å²) in [6.45, 7) is 3.66. The molecule has 0 spiro atoms. The number of benzene rings is 2. The molecule has 2 rings (SSSR count). The van der Waals surface area contributed by atoms with Crippen molar-refractivity contribution in [3.8, 4) is 0 Å². The summed E-state index contributed by atoms with van der Waals surface area (Å²) >= 11 is 0. The van der Waals surface area contributed by atoms with Crippen molar-refractivity contribution in [2.45, 2.75) is 20.0 Å². The van der Waals surface area contributed by atoms with Gasteiger partial charge in [0.15, 0.2) is 0 Å². The van der Waals surface area contributed by atoms with Crippen molar-refractivity contribution in [1.29, 1.82) is 0 Å². The minimum atomic E-state index is -0.881. The molecule has 0 aliphatic rings. The van der Waals surface area contributed by atoms with Gasteiger partial charge < -0.3 is 5.11 Å². The second-order valence-corrected chi connectivity index (χ2v) is 5.17. The lowest BCUT2D eigenvalue weighted by molar-refractivity contribution is 0.0696. The van der Waals surface area contributed by atoms with Gasteiger partial charge in [0.05, 0.1) is 5.56 Å². The standard InChI is InChI=1S/C17H19NO2/c1-13-5-3-6-14(9-13)11-18(2)12-15-7-4-8-16(10-15)17(19)20/h3-10H,11-12H2,1-2H3,(H,19,20). The van der Waals surface area contributed by atoms with E-state index in [1.807, 2.05) is 13.1 Å². The highest BCUT2D eigenvalue weighted by Crippen LogP contribution is 2.11. The van der Waals surface area contributed by atoms with Crippen LogP contribution in [0.4, 0.5) is 0 Å².